The highest BCUT2D eigenvalue weighted by Crippen LogP contribution is 1.38. The molecule has 1 N–H and O–H groups in total. The van der Waals surface area contributed by atoms with E-state index < -0.39 is 0 Å². The van der Waals surface area contributed by atoms with E-state index in [-0.39, 0.29) is 0 Å². The molecule has 32 valence electrons. The quantitative estimate of drug-likeness (QED) is 0.312. The average molecular weight is 90.2 g/mol. The van der Waals surface area contributed by atoms with Gasteiger partial charge in [-0.1, -0.05) is 6.08 Å². The molecule has 0 spiro atoms. The second kappa shape index (κ2) is 39.6. The van der Waals surface area contributed by atoms with Crippen molar-refractivity contribution >= 4 is 10.5 Å². The SMILES string of the molecule is C=CC.O[SiH3]. The molecule has 0 aromatic heterocycles. The summed E-state index contributed by atoms with van der Waals surface area (Å²) in [6.45, 7) is 5.25. The molecule has 0 heterocycles. The van der Waals surface area contributed by atoms with Crippen molar-refractivity contribution in [2.75, 3.05) is 0 Å². The Labute approximate surface area is 35.9 Å². The van der Waals surface area contributed by atoms with Crippen molar-refractivity contribution in [2.45, 2.75) is 6.92 Å². The Bertz CT molecular complexity index is 14.4. The van der Waals surface area contributed by atoms with Gasteiger partial charge in [0.2, 0.25) is 0 Å². The molecule has 5 heavy (non-hydrogen) atoms. The zero-order valence-corrected chi connectivity index (χ0v) is 5.73. The molecule has 0 atom stereocenters. The second-order valence-electron chi connectivity index (χ2n) is 0.408. The smallest absolute Gasteiger partial charge is 0.141 e. The standard InChI is InChI=1S/C3H6.H4OSi/c1-3-2;1-2/h3H,1H2,2H3;1H,2H3. The molecule has 0 aliphatic carbocycles. The van der Waals surface area contributed by atoms with E-state index in [1.54, 1.807) is 6.08 Å². The van der Waals surface area contributed by atoms with Gasteiger partial charge in [0.15, 0.2) is 0 Å². The molecule has 0 saturated heterocycles. The predicted octanol–water partition coefficient (Wildman–Crippen LogP) is -0.549. The molecule has 0 fully saturated rings. The fourth-order valence-electron chi connectivity index (χ4n) is 0. The van der Waals surface area contributed by atoms with E-state index in [1.807, 2.05) is 6.92 Å². The molecule has 0 saturated carbocycles. The molecular weight excluding hydrogens is 80.1 g/mol. The van der Waals surface area contributed by atoms with Crippen LogP contribution in [0.3, 0.4) is 0 Å². The van der Waals surface area contributed by atoms with Crippen LogP contribution in [0, 0.1) is 0 Å². The monoisotopic (exact) mass is 90.1 g/mol. The first-order chi connectivity index (χ1) is 2.41. The fraction of sp³-hybridized carbons (Fsp3) is 0.333. The van der Waals surface area contributed by atoms with Gasteiger partial charge in [0.25, 0.3) is 0 Å². The summed E-state index contributed by atoms with van der Waals surface area (Å²) in [7, 11) is 0.306. The van der Waals surface area contributed by atoms with E-state index in [4.69, 9.17) is 4.80 Å². The predicted molar refractivity (Wildman–Crippen MR) is 28.0 cm³/mol. The van der Waals surface area contributed by atoms with Crippen LogP contribution in [0.1, 0.15) is 6.92 Å². The summed E-state index contributed by atoms with van der Waals surface area (Å²) in [5.41, 5.74) is 0. The molecule has 0 unspecified atom stereocenters. The van der Waals surface area contributed by atoms with Crippen molar-refractivity contribution in [3.05, 3.63) is 12.7 Å². The van der Waals surface area contributed by atoms with Crippen LogP contribution < -0.4 is 0 Å². The number of allylic oxidation sites excluding steroid dienone is 1. The first kappa shape index (κ1) is 8.87. The summed E-state index contributed by atoms with van der Waals surface area (Å²) < 4.78 is 0. The molecule has 0 aliphatic heterocycles. The van der Waals surface area contributed by atoms with E-state index in [0.717, 1.165) is 0 Å². The molecule has 0 aromatic carbocycles. The maximum absolute atomic E-state index is 7.14. The van der Waals surface area contributed by atoms with Gasteiger partial charge in [-0.2, -0.15) is 0 Å². The highest BCUT2D eigenvalue weighted by atomic mass is 28.2. The molecule has 2 heteroatoms. The lowest BCUT2D eigenvalue weighted by molar-refractivity contribution is 0.629. The Morgan fingerprint density at radius 3 is 1.80 bits per heavy atom. The maximum Gasteiger partial charge on any atom is 0.141 e. The normalized spacial score (nSPS) is 4.40. The topological polar surface area (TPSA) is 20.2 Å². The van der Waals surface area contributed by atoms with Crippen LogP contribution >= 0.6 is 0 Å². The van der Waals surface area contributed by atoms with Crippen LogP contribution in [-0.4, -0.2) is 15.3 Å². The van der Waals surface area contributed by atoms with Gasteiger partial charge < -0.3 is 4.80 Å². The third kappa shape index (κ3) is 2080. The lowest BCUT2D eigenvalue weighted by Gasteiger charge is -1.31. The van der Waals surface area contributed by atoms with Gasteiger partial charge in [-0.3, -0.25) is 0 Å². The lowest BCUT2D eigenvalue weighted by atomic mass is 10.8. The highest BCUT2D eigenvalue weighted by molar-refractivity contribution is 5.95. The summed E-state index contributed by atoms with van der Waals surface area (Å²) in [6.07, 6.45) is 1.75. The summed E-state index contributed by atoms with van der Waals surface area (Å²) in [4.78, 5) is 7.14. The van der Waals surface area contributed by atoms with E-state index in [0.29, 0.717) is 10.5 Å². The van der Waals surface area contributed by atoms with Crippen molar-refractivity contribution < 1.29 is 4.80 Å². The van der Waals surface area contributed by atoms with E-state index in [2.05, 4.69) is 6.58 Å². The van der Waals surface area contributed by atoms with Crippen molar-refractivity contribution in [1.82, 2.24) is 0 Å². The second-order valence-corrected chi connectivity index (χ2v) is 0.408. The van der Waals surface area contributed by atoms with E-state index in [1.165, 1.54) is 0 Å². The minimum absolute atomic E-state index is 0.306. The van der Waals surface area contributed by atoms with Gasteiger partial charge in [-0.05, 0) is 6.92 Å². The Kier molecular flexibility index (Phi) is 70.3. The zero-order chi connectivity index (χ0) is 4.71. The van der Waals surface area contributed by atoms with Gasteiger partial charge in [-0.25, -0.2) is 0 Å². The molecular formula is C3H10OSi. The number of rotatable bonds is 0. The summed E-state index contributed by atoms with van der Waals surface area (Å²) in [6, 6.07) is 0. The van der Waals surface area contributed by atoms with Crippen LogP contribution in [0.4, 0.5) is 0 Å². The van der Waals surface area contributed by atoms with E-state index in [9.17, 15) is 0 Å². The molecule has 0 aliphatic rings. The third-order valence-corrected chi connectivity index (χ3v) is 0. The van der Waals surface area contributed by atoms with Gasteiger partial charge in [0.1, 0.15) is 10.5 Å². The Hall–Kier alpha value is -0.0831. The third-order valence-electron chi connectivity index (χ3n) is 0. The largest absolute Gasteiger partial charge is 0.442 e. The van der Waals surface area contributed by atoms with Crippen molar-refractivity contribution in [2.24, 2.45) is 0 Å². The summed E-state index contributed by atoms with van der Waals surface area (Å²) >= 11 is 0. The molecule has 0 radical (unpaired) electrons. The minimum Gasteiger partial charge on any atom is -0.442 e. The van der Waals surface area contributed by atoms with Gasteiger partial charge >= 0.3 is 0 Å². The Morgan fingerprint density at radius 2 is 1.80 bits per heavy atom. The van der Waals surface area contributed by atoms with Crippen molar-refractivity contribution in [1.29, 1.82) is 0 Å². The number of hydrogen-bond acceptors (Lipinski definition) is 1. The maximum atomic E-state index is 7.14. The summed E-state index contributed by atoms with van der Waals surface area (Å²) in [5, 5.41) is 0. The van der Waals surface area contributed by atoms with Crippen LogP contribution in [0.2, 0.25) is 0 Å². The Balaban J connectivity index is 0. The molecule has 0 bridgehead atoms. The first-order valence-electron chi connectivity index (χ1n) is 1.43. The summed E-state index contributed by atoms with van der Waals surface area (Å²) in [5.74, 6) is 0. The van der Waals surface area contributed by atoms with Gasteiger partial charge in [0.05, 0.1) is 0 Å². The molecule has 1 nitrogen and oxygen atoms in total. The van der Waals surface area contributed by atoms with Gasteiger partial charge in [0, 0.05) is 0 Å². The first-order valence-corrected chi connectivity index (χ1v) is 2.33. The molecule has 0 rings (SSSR count). The highest BCUT2D eigenvalue weighted by Gasteiger charge is 1.15. The minimum atomic E-state index is 0.306. The lowest BCUT2D eigenvalue weighted by Crippen LogP contribution is -1.34. The van der Waals surface area contributed by atoms with Crippen LogP contribution in [-0.2, 0) is 0 Å². The van der Waals surface area contributed by atoms with Crippen LogP contribution in [0.25, 0.3) is 0 Å². The van der Waals surface area contributed by atoms with Crippen LogP contribution in [0.15, 0.2) is 12.7 Å². The Morgan fingerprint density at radius 1 is 1.80 bits per heavy atom. The average Bonchev–Trinajstić information content (AvgIpc) is 1.46. The zero-order valence-electron chi connectivity index (χ0n) is 3.73. The number of hydrogen-bond donors (Lipinski definition) is 1. The molecule has 0 amide bonds. The fourth-order valence-corrected chi connectivity index (χ4v) is 0. The van der Waals surface area contributed by atoms with Gasteiger partial charge in [-0.15, -0.1) is 6.58 Å². The van der Waals surface area contributed by atoms with Crippen LogP contribution in [0.5, 0.6) is 0 Å². The van der Waals surface area contributed by atoms with Crippen molar-refractivity contribution in [3.8, 4) is 0 Å². The van der Waals surface area contributed by atoms with Crippen molar-refractivity contribution in [3.63, 3.8) is 0 Å². The molecule has 0 aromatic rings. The van der Waals surface area contributed by atoms with E-state index >= 15 is 0 Å².